The molecule has 0 aliphatic rings. The number of carbonyl (C=O) groups excluding carboxylic acids is 1. The van der Waals surface area contributed by atoms with Crippen LogP contribution in [-0.2, 0) is 0 Å². The number of nitrogens with zero attached hydrogens (tertiary/aromatic N) is 2. The standard InChI is InChI=1S/C21H20ClN3O6/c1-4-12(2)30-17-6-5-13(7-16(17)22)11-23-24-21(26)19-9-14-8-15(25(27)28)10-18(29-3)20(14)31-19/h5-12H,4H2,1-3H3,(H,24,26)/b23-11-/t12-/m0/s1. The maximum atomic E-state index is 12.4. The molecule has 0 fully saturated rings. The number of ether oxygens (including phenoxy) is 2. The number of furan rings is 1. The summed E-state index contributed by atoms with van der Waals surface area (Å²) in [5.41, 5.74) is 3.06. The minimum atomic E-state index is -0.625. The minimum absolute atomic E-state index is 0.0418. The highest BCUT2D eigenvalue weighted by Crippen LogP contribution is 2.33. The molecule has 1 N–H and O–H groups in total. The molecule has 0 radical (unpaired) electrons. The fourth-order valence-electron chi connectivity index (χ4n) is 2.69. The Kier molecular flexibility index (Phi) is 6.76. The van der Waals surface area contributed by atoms with Crippen LogP contribution in [0.25, 0.3) is 11.0 Å². The van der Waals surface area contributed by atoms with Crippen molar-refractivity contribution in [3.8, 4) is 11.5 Å². The maximum Gasteiger partial charge on any atom is 0.307 e. The summed E-state index contributed by atoms with van der Waals surface area (Å²) in [5.74, 6) is 0.0323. The lowest BCUT2D eigenvalue weighted by molar-refractivity contribution is -0.384. The van der Waals surface area contributed by atoms with Crippen LogP contribution in [0.3, 0.4) is 0 Å². The number of nitro benzene ring substituents is 1. The molecule has 31 heavy (non-hydrogen) atoms. The Morgan fingerprint density at radius 3 is 2.74 bits per heavy atom. The van der Waals surface area contributed by atoms with Crippen LogP contribution >= 0.6 is 11.6 Å². The zero-order valence-corrected chi connectivity index (χ0v) is 17.8. The molecule has 0 bridgehead atoms. The lowest BCUT2D eigenvalue weighted by Gasteiger charge is -2.13. The summed E-state index contributed by atoms with van der Waals surface area (Å²) in [5, 5.41) is 15.7. The normalized spacial score (nSPS) is 12.1. The summed E-state index contributed by atoms with van der Waals surface area (Å²) in [7, 11) is 1.36. The van der Waals surface area contributed by atoms with Crippen LogP contribution < -0.4 is 14.9 Å². The lowest BCUT2D eigenvalue weighted by Crippen LogP contribution is -2.16. The Morgan fingerprint density at radius 2 is 2.10 bits per heavy atom. The summed E-state index contributed by atoms with van der Waals surface area (Å²) in [4.78, 5) is 22.9. The number of benzene rings is 2. The van der Waals surface area contributed by atoms with Gasteiger partial charge in [0.1, 0.15) is 5.75 Å². The van der Waals surface area contributed by atoms with Crippen molar-refractivity contribution in [2.24, 2.45) is 5.10 Å². The Balaban J connectivity index is 1.73. The highest BCUT2D eigenvalue weighted by Gasteiger charge is 2.19. The number of amides is 1. The van der Waals surface area contributed by atoms with E-state index in [4.69, 9.17) is 25.5 Å². The van der Waals surface area contributed by atoms with E-state index in [-0.39, 0.29) is 28.9 Å². The molecule has 0 saturated carbocycles. The zero-order valence-electron chi connectivity index (χ0n) is 17.0. The number of halogens is 1. The van der Waals surface area contributed by atoms with Crippen LogP contribution in [0.4, 0.5) is 5.69 Å². The number of methoxy groups -OCH3 is 1. The molecule has 162 valence electrons. The van der Waals surface area contributed by atoms with E-state index in [2.05, 4.69) is 10.5 Å². The summed E-state index contributed by atoms with van der Waals surface area (Å²) in [6, 6.07) is 9.06. The molecular weight excluding hydrogens is 426 g/mol. The van der Waals surface area contributed by atoms with Gasteiger partial charge in [-0.15, -0.1) is 0 Å². The monoisotopic (exact) mass is 445 g/mol. The van der Waals surface area contributed by atoms with Crippen molar-refractivity contribution >= 4 is 40.4 Å². The number of nitro groups is 1. The molecule has 0 aliphatic carbocycles. The van der Waals surface area contributed by atoms with E-state index in [9.17, 15) is 14.9 Å². The molecule has 1 atom stereocenters. The molecule has 1 aromatic heterocycles. The second kappa shape index (κ2) is 9.48. The minimum Gasteiger partial charge on any atom is -0.493 e. The number of hydrogen-bond donors (Lipinski definition) is 1. The zero-order chi connectivity index (χ0) is 22.5. The number of rotatable bonds is 8. The Morgan fingerprint density at radius 1 is 1.32 bits per heavy atom. The third-order valence-electron chi connectivity index (χ3n) is 4.46. The van der Waals surface area contributed by atoms with Gasteiger partial charge in [0.05, 0.1) is 35.4 Å². The molecule has 0 aliphatic heterocycles. The fraction of sp³-hybridized carbons (Fsp3) is 0.238. The molecular formula is C21H20ClN3O6. The van der Waals surface area contributed by atoms with Crippen LogP contribution in [0, 0.1) is 10.1 Å². The van der Waals surface area contributed by atoms with Crippen LogP contribution in [0.2, 0.25) is 5.02 Å². The van der Waals surface area contributed by atoms with Crippen molar-refractivity contribution in [3.63, 3.8) is 0 Å². The van der Waals surface area contributed by atoms with Gasteiger partial charge in [-0.25, -0.2) is 5.43 Å². The summed E-state index contributed by atoms with van der Waals surface area (Å²) >= 11 is 6.23. The van der Waals surface area contributed by atoms with Crippen LogP contribution in [0.15, 0.2) is 45.9 Å². The highest BCUT2D eigenvalue weighted by atomic mass is 35.5. The van der Waals surface area contributed by atoms with E-state index in [1.165, 1.54) is 31.5 Å². The third kappa shape index (κ3) is 5.13. The largest absolute Gasteiger partial charge is 0.493 e. The van der Waals surface area contributed by atoms with Gasteiger partial charge in [0.2, 0.25) is 0 Å². The Bertz CT molecular complexity index is 1160. The first-order chi connectivity index (χ1) is 14.8. The van der Waals surface area contributed by atoms with Crippen molar-refractivity contribution in [1.29, 1.82) is 0 Å². The van der Waals surface area contributed by atoms with Gasteiger partial charge in [0, 0.05) is 11.5 Å². The van der Waals surface area contributed by atoms with Gasteiger partial charge < -0.3 is 13.9 Å². The van der Waals surface area contributed by atoms with Crippen molar-refractivity contribution in [2.75, 3.05) is 7.11 Å². The van der Waals surface area contributed by atoms with Crippen molar-refractivity contribution < 1.29 is 23.6 Å². The van der Waals surface area contributed by atoms with Gasteiger partial charge in [0.15, 0.2) is 17.1 Å². The van der Waals surface area contributed by atoms with E-state index in [1.807, 2.05) is 13.8 Å². The van der Waals surface area contributed by atoms with Crippen molar-refractivity contribution in [3.05, 3.63) is 62.9 Å². The van der Waals surface area contributed by atoms with Crippen LogP contribution in [0.1, 0.15) is 36.4 Å². The third-order valence-corrected chi connectivity index (χ3v) is 4.76. The average Bonchev–Trinajstić information content (AvgIpc) is 3.19. The molecule has 0 unspecified atom stereocenters. The number of carbonyl (C=O) groups is 1. The predicted molar refractivity (Wildman–Crippen MR) is 116 cm³/mol. The van der Waals surface area contributed by atoms with Gasteiger partial charge in [-0.3, -0.25) is 14.9 Å². The molecule has 0 spiro atoms. The molecule has 0 saturated heterocycles. The van der Waals surface area contributed by atoms with E-state index >= 15 is 0 Å². The second-order valence-electron chi connectivity index (χ2n) is 6.66. The quantitative estimate of drug-likeness (QED) is 0.298. The van der Waals surface area contributed by atoms with Gasteiger partial charge in [-0.2, -0.15) is 5.10 Å². The number of nitrogens with one attached hydrogen (secondary N) is 1. The molecule has 2 aromatic carbocycles. The van der Waals surface area contributed by atoms with E-state index < -0.39 is 10.8 Å². The van der Waals surface area contributed by atoms with E-state index in [1.54, 1.807) is 18.2 Å². The average molecular weight is 446 g/mol. The molecule has 9 nitrogen and oxygen atoms in total. The summed E-state index contributed by atoms with van der Waals surface area (Å²) < 4.78 is 16.3. The first-order valence-corrected chi connectivity index (χ1v) is 9.75. The first-order valence-electron chi connectivity index (χ1n) is 9.38. The smallest absolute Gasteiger partial charge is 0.307 e. The lowest BCUT2D eigenvalue weighted by atomic mass is 10.2. The van der Waals surface area contributed by atoms with Crippen LogP contribution in [0.5, 0.6) is 11.5 Å². The van der Waals surface area contributed by atoms with Gasteiger partial charge in [0.25, 0.3) is 5.69 Å². The van der Waals surface area contributed by atoms with Gasteiger partial charge in [-0.05, 0) is 43.2 Å². The number of hydrogen-bond acceptors (Lipinski definition) is 7. The van der Waals surface area contributed by atoms with Crippen molar-refractivity contribution in [2.45, 2.75) is 26.4 Å². The number of hydrazone groups is 1. The highest BCUT2D eigenvalue weighted by molar-refractivity contribution is 6.32. The van der Waals surface area contributed by atoms with Crippen LogP contribution in [-0.4, -0.2) is 30.3 Å². The topological polar surface area (TPSA) is 116 Å². The van der Waals surface area contributed by atoms with E-state index in [0.29, 0.717) is 21.7 Å². The summed E-state index contributed by atoms with van der Waals surface area (Å²) in [6.45, 7) is 3.97. The number of non-ortho nitro benzene ring substituents is 1. The molecule has 3 rings (SSSR count). The Labute approximate surface area is 182 Å². The molecule has 3 aromatic rings. The molecule has 1 heterocycles. The van der Waals surface area contributed by atoms with Gasteiger partial charge in [-0.1, -0.05) is 18.5 Å². The fourth-order valence-corrected chi connectivity index (χ4v) is 2.92. The maximum absolute atomic E-state index is 12.4. The predicted octanol–water partition coefficient (Wildman–Crippen LogP) is 4.94. The Hall–Kier alpha value is -3.59. The second-order valence-corrected chi connectivity index (χ2v) is 7.07. The van der Waals surface area contributed by atoms with Crippen molar-refractivity contribution in [1.82, 2.24) is 5.43 Å². The first kappa shape index (κ1) is 22.1. The van der Waals surface area contributed by atoms with E-state index in [0.717, 1.165) is 6.42 Å². The SMILES string of the molecule is CC[C@H](C)Oc1ccc(/C=N\NC(=O)c2cc3cc([N+](=O)[O-])cc(OC)c3o2)cc1Cl. The molecule has 10 heteroatoms. The molecule has 1 amide bonds. The number of fused-ring (bicyclic) bond motifs is 1. The summed E-state index contributed by atoms with van der Waals surface area (Å²) in [6.07, 6.45) is 2.32. The van der Waals surface area contributed by atoms with Gasteiger partial charge >= 0.3 is 5.91 Å².